The fourth-order valence-corrected chi connectivity index (χ4v) is 2.24. The molecule has 0 aliphatic rings. The molecule has 0 atom stereocenters. The molecule has 0 aliphatic carbocycles. The van der Waals surface area contributed by atoms with Crippen LogP contribution in [0.25, 0.3) is 0 Å². The lowest BCUT2D eigenvalue weighted by Crippen LogP contribution is -2.22. The van der Waals surface area contributed by atoms with Gasteiger partial charge in [0.25, 0.3) is 0 Å². The van der Waals surface area contributed by atoms with Crippen LogP contribution in [0.1, 0.15) is 18.9 Å². The van der Waals surface area contributed by atoms with Gasteiger partial charge >= 0.3 is 0 Å². The van der Waals surface area contributed by atoms with E-state index in [0.717, 1.165) is 11.3 Å². The number of carbonyl (C=O) groups is 1. The first-order chi connectivity index (χ1) is 7.76. The minimum atomic E-state index is 0.116. The normalized spacial score (nSPS) is 10.1. The molecule has 1 aromatic rings. The van der Waals surface area contributed by atoms with E-state index in [0.29, 0.717) is 19.5 Å². The molecule has 0 aromatic heterocycles. The molecule has 0 saturated carbocycles. The van der Waals surface area contributed by atoms with E-state index in [9.17, 15) is 4.79 Å². The lowest BCUT2D eigenvalue weighted by molar-refractivity contribution is -0.120. The zero-order chi connectivity index (χ0) is 11.8. The molecule has 1 rings (SSSR count). The third-order valence-electron chi connectivity index (χ3n) is 2.11. The quantitative estimate of drug-likeness (QED) is 0.743. The molecule has 0 saturated heterocycles. The van der Waals surface area contributed by atoms with Gasteiger partial charge in [-0.2, -0.15) is 0 Å². The van der Waals surface area contributed by atoms with Crippen molar-refractivity contribution in [3.8, 4) is 0 Å². The Morgan fingerprint density at radius 2 is 2.31 bits per heavy atom. The standard InChI is InChI=1S/C12H18N2OS/c1-2-14-12(15)6-7-16-11-5-3-4-10(8-11)9-13/h3-5,8H,2,6-7,9,13H2,1H3,(H,14,15). The van der Waals surface area contributed by atoms with Crippen molar-refractivity contribution in [3.05, 3.63) is 29.8 Å². The van der Waals surface area contributed by atoms with Gasteiger partial charge in [0.05, 0.1) is 0 Å². The summed E-state index contributed by atoms with van der Waals surface area (Å²) in [6.45, 7) is 3.19. The Kier molecular flexibility index (Phi) is 5.96. The molecule has 1 aromatic carbocycles. The van der Waals surface area contributed by atoms with Gasteiger partial charge in [-0.25, -0.2) is 0 Å². The van der Waals surface area contributed by atoms with Gasteiger partial charge in [0.15, 0.2) is 0 Å². The monoisotopic (exact) mass is 238 g/mol. The van der Waals surface area contributed by atoms with Crippen LogP contribution in [-0.4, -0.2) is 18.2 Å². The minimum absolute atomic E-state index is 0.116. The predicted octanol–water partition coefficient (Wildman–Crippen LogP) is 1.76. The van der Waals surface area contributed by atoms with Gasteiger partial charge in [-0.1, -0.05) is 12.1 Å². The van der Waals surface area contributed by atoms with Gasteiger partial charge < -0.3 is 11.1 Å². The molecular weight excluding hydrogens is 220 g/mol. The maximum atomic E-state index is 11.2. The van der Waals surface area contributed by atoms with E-state index in [2.05, 4.69) is 11.4 Å². The van der Waals surface area contributed by atoms with E-state index in [1.165, 1.54) is 4.90 Å². The lowest BCUT2D eigenvalue weighted by atomic mass is 10.2. The van der Waals surface area contributed by atoms with Crippen LogP contribution >= 0.6 is 11.8 Å². The van der Waals surface area contributed by atoms with E-state index in [1.807, 2.05) is 25.1 Å². The Hall–Kier alpha value is -1.00. The maximum absolute atomic E-state index is 11.2. The summed E-state index contributed by atoms with van der Waals surface area (Å²) in [5, 5.41) is 2.78. The zero-order valence-corrected chi connectivity index (χ0v) is 10.3. The molecule has 0 spiro atoms. The number of carbonyl (C=O) groups excluding carboxylic acids is 1. The van der Waals surface area contributed by atoms with Crippen molar-refractivity contribution in [2.75, 3.05) is 12.3 Å². The molecule has 0 aliphatic heterocycles. The molecule has 4 heteroatoms. The van der Waals surface area contributed by atoms with Gasteiger partial charge in [-0.15, -0.1) is 11.8 Å². The van der Waals surface area contributed by atoms with Gasteiger partial charge in [0.1, 0.15) is 0 Å². The van der Waals surface area contributed by atoms with Gasteiger partial charge in [-0.3, -0.25) is 4.79 Å². The Morgan fingerprint density at radius 1 is 1.50 bits per heavy atom. The average Bonchev–Trinajstić information content (AvgIpc) is 2.30. The maximum Gasteiger partial charge on any atom is 0.220 e. The van der Waals surface area contributed by atoms with Gasteiger partial charge in [-0.05, 0) is 24.6 Å². The molecule has 0 heterocycles. The second-order valence-corrected chi connectivity index (χ2v) is 4.57. The number of nitrogens with two attached hydrogens (primary N) is 1. The van der Waals surface area contributed by atoms with Crippen molar-refractivity contribution >= 4 is 17.7 Å². The summed E-state index contributed by atoms with van der Waals surface area (Å²) in [4.78, 5) is 12.4. The van der Waals surface area contributed by atoms with Crippen LogP contribution < -0.4 is 11.1 Å². The van der Waals surface area contributed by atoms with Crippen LogP contribution in [-0.2, 0) is 11.3 Å². The van der Waals surface area contributed by atoms with Crippen molar-refractivity contribution in [1.82, 2.24) is 5.32 Å². The summed E-state index contributed by atoms with van der Waals surface area (Å²) in [5.41, 5.74) is 6.69. The van der Waals surface area contributed by atoms with Crippen molar-refractivity contribution in [1.29, 1.82) is 0 Å². The smallest absolute Gasteiger partial charge is 0.220 e. The highest BCUT2D eigenvalue weighted by Gasteiger charge is 2.00. The molecule has 16 heavy (non-hydrogen) atoms. The fraction of sp³-hybridized carbons (Fsp3) is 0.417. The van der Waals surface area contributed by atoms with Crippen LogP contribution in [0.3, 0.4) is 0 Å². The summed E-state index contributed by atoms with van der Waals surface area (Å²) in [7, 11) is 0. The Morgan fingerprint density at radius 3 is 3.00 bits per heavy atom. The van der Waals surface area contributed by atoms with E-state index in [1.54, 1.807) is 11.8 Å². The number of amides is 1. The number of rotatable bonds is 6. The number of thioether (sulfide) groups is 1. The highest BCUT2D eigenvalue weighted by atomic mass is 32.2. The van der Waals surface area contributed by atoms with Crippen molar-refractivity contribution in [2.24, 2.45) is 5.73 Å². The molecule has 3 N–H and O–H groups in total. The van der Waals surface area contributed by atoms with Crippen LogP contribution in [0.2, 0.25) is 0 Å². The summed E-state index contributed by atoms with van der Waals surface area (Å²) in [6.07, 6.45) is 0.561. The predicted molar refractivity (Wildman–Crippen MR) is 68.4 cm³/mol. The molecule has 0 bridgehead atoms. The zero-order valence-electron chi connectivity index (χ0n) is 9.53. The Labute approximate surface area is 101 Å². The summed E-state index contributed by atoms with van der Waals surface area (Å²) in [5.74, 6) is 0.921. The third kappa shape index (κ3) is 4.68. The molecule has 1 amide bonds. The van der Waals surface area contributed by atoms with Gasteiger partial charge in [0, 0.05) is 30.2 Å². The van der Waals surface area contributed by atoms with Crippen LogP contribution in [0.5, 0.6) is 0 Å². The number of benzene rings is 1. The van der Waals surface area contributed by atoms with Crippen molar-refractivity contribution in [3.63, 3.8) is 0 Å². The van der Waals surface area contributed by atoms with Crippen LogP contribution in [0.15, 0.2) is 29.2 Å². The van der Waals surface area contributed by atoms with E-state index in [-0.39, 0.29) is 5.91 Å². The highest BCUT2D eigenvalue weighted by Crippen LogP contribution is 2.19. The molecular formula is C12H18N2OS. The molecule has 88 valence electrons. The third-order valence-corrected chi connectivity index (χ3v) is 3.10. The molecule has 3 nitrogen and oxygen atoms in total. The Balaban J connectivity index is 2.34. The molecule has 0 unspecified atom stereocenters. The summed E-state index contributed by atoms with van der Waals surface area (Å²) >= 11 is 1.69. The average molecular weight is 238 g/mol. The Bertz CT molecular complexity index is 342. The van der Waals surface area contributed by atoms with Crippen LogP contribution in [0, 0.1) is 0 Å². The topological polar surface area (TPSA) is 55.1 Å². The minimum Gasteiger partial charge on any atom is -0.356 e. The first-order valence-corrected chi connectivity index (χ1v) is 6.43. The second-order valence-electron chi connectivity index (χ2n) is 3.40. The fourth-order valence-electron chi connectivity index (χ4n) is 1.31. The summed E-state index contributed by atoms with van der Waals surface area (Å²) < 4.78 is 0. The first kappa shape index (κ1) is 13.1. The highest BCUT2D eigenvalue weighted by molar-refractivity contribution is 7.99. The second kappa shape index (κ2) is 7.30. The number of hydrogen-bond acceptors (Lipinski definition) is 3. The molecule has 0 radical (unpaired) electrons. The van der Waals surface area contributed by atoms with Gasteiger partial charge in [0.2, 0.25) is 5.91 Å². The first-order valence-electron chi connectivity index (χ1n) is 5.44. The SMILES string of the molecule is CCNC(=O)CCSc1cccc(CN)c1. The van der Waals surface area contributed by atoms with Crippen molar-refractivity contribution in [2.45, 2.75) is 24.8 Å². The van der Waals surface area contributed by atoms with E-state index < -0.39 is 0 Å². The van der Waals surface area contributed by atoms with E-state index >= 15 is 0 Å². The number of hydrogen-bond donors (Lipinski definition) is 2. The number of nitrogens with one attached hydrogen (secondary N) is 1. The molecule has 0 fully saturated rings. The van der Waals surface area contributed by atoms with Crippen LogP contribution in [0.4, 0.5) is 0 Å². The lowest BCUT2D eigenvalue weighted by Gasteiger charge is -2.04. The van der Waals surface area contributed by atoms with E-state index in [4.69, 9.17) is 5.73 Å². The summed E-state index contributed by atoms with van der Waals surface area (Å²) in [6, 6.07) is 8.12. The largest absolute Gasteiger partial charge is 0.356 e. The van der Waals surface area contributed by atoms with Crippen molar-refractivity contribution < 1.29 is 4.79 Å².